The van der Waals surface area contributed by atoms with Crippen molar-refractivity contribution in [3.05, 3.63) is 53.4 Å². The van der Waals surface area contributed by atoms with Crippen LogP contribution < -0.4 is 4.74 Å². The highest BCUT2D eigenvalue weighted by atomic mass is 16.5. The van der Waals surface area contributed by atoms with Crippen molar-refractivity contribution in [2.24, 2.45) is 0 Å². The standard InChI is InChI=1S/C16H19N3O3/c1-4-12-6-5-7-13(8-12)22-10-14-15(16(20)21)17-18-19(14)9-11(2)3/h5-8H,2,4,9-10H2,1,3H3,(H,20,21). The molecular formula is C16H19N3O3. The highest BCUT2D eigenvalue weighted by Gasteiger charge is 2.19. The normalized spacial score (nSPS) is 10.5. The van der Waals surface area contributed by atoms with Crippen molar-refractivity contribution in [2.75, 3.05) is 0 Å². The number of ether oxygens (including phenoxy) is 1. The van der Waals surface area contributed by atoms with E-state index in [1.165, 1.54) is 4.68 Å². The zero-order valence-corrected chi connectivity index (χ0v) is 12.7. The first kappa shape index (κ1) is 15.8. The van der Waals surface area contributed by atoms with Crippen molar-refractivity contribution in [1.82, 2.24) is 15.0 Å². The van der Waals surface area contributed by atoms with E-state index < -0.39 is 5.97 Å². The average Bonchev–Trinajstić information content (AvgIpc) is 2.87. The van der Waals surface area contributed by atoms with Gasteiger partial charge in [-0.15, -0.1) is 5.10 Å². The number of allylic oxidation sites excluding steroid dienone is 1. The molecule has 1 aromatic heterocycles. The van der Waals surface area contributed by atoms with Gasteiger partial charge in [-0.3, -0.25) is 0 Å². The second-order valence-corrected chi connectivity index (χ2v) is 5.09. The van der Waals surface area contributed by atoms with E-state index in [9.17, 15) is 9.90 Å². The molecule has 6 nitrogen and oxygen atoms in total. The minimum atomic E-state index is -1.12. The van der Waals surface area contributed by atoms with E-state index in [1.807, 2.05) is 31.2 Å². The van der Waals surface area contributed by atoms with Crippen molar-refractivity contribution >= 4 is 5.97 Å². The molecule has 0 saturated carbocycles. The van der Waals surface area contributed by atoms with E-state index in [1.54, 1.807) is 0 Å². The zero-order chi connectivity index (χ0) is 16.1. The maximum absolute atomic E-state index is 11.2. The largest absolute Gasteiger partial charge is 0.487 e. The van der Waals surface area contributed by atoms with Gasteiger partial charge in [-0.1, -0.05) is 36.4 Å². The summed E-state index contributed by atoms with van der Waals surface area (Å²) >= 11 is 0. The highest BCUT2D eigenvalue weighted by Crippen LogP contribution is 2.17. The Labute approximate surface area is 129 Å². The van der Waals surface area contributed by atoms with Gasteiger partial charge in [-0.25, -0.2) is 9.48 Å². The summed E-state index contributed by atoms with van der Waals surface area (Å²) in [6.45, 7) is 8.22. The summed E-state index contributed by atoms with van der Waals surface area (Å²) in [5, 5.41) is 16.8. The second-order valence-electron chi connectivity index (χ2n) is 5.09. The van der Waals surface area contributed by atoms with E-state index in [0.717, 1.165) is 17.6 Å². The summed E-state index contributed by atoms with van der Waals surface area (Å²) in [6.07, 6.45) is 0.909. The molecule has 22 heavy (non-hydrogen) atoms. The molecule has 116 valence electrons. The molecule has 1 aromatic carbocycles. The molecule has 0 amide bonds. The first-order valence-electron chi connectivity index (χ1n) is 7.03. The number of aryl methyl sites for hydroxylation is 1. The smallest absolute Gasteiger partial charge is 0.358 e. The Morgan fingerprint density at radius 1 is 1.45 bits per heavy atom. The minimum Gasteiger partial charge on any atom is -0.487 e. The molecule has 6 heteroatoms. The number of hydrogen-bond donors (Lipinski definition) is 1. The molecule has 0 spiro atoms. The van der Waals surface area contributed by atoms with E-state index in [4.69, 9.17) is 4.74 Å². The molecule has 0 saturated heterocycles. The number of carboxylic acids is 1. The fourth-order valence-electron chi connectivity index (χ4n) is 2.03. The quantitative estimate of drug-likeness (QED) is 0.796. The van der Waals surface area contributed by atoms with E-state index in [0.29, 0.717) is 18.0 Å². The fourth-order valence-corrected chi connectivity index (χ4v) is 2.03. The minimum absolute atomic E-state index is 0.0899. The predicted molar refractivity (Wildman–Crippen MR) is 81.9 cm³/mol. The van der Waals surface area contributed by atoms with E-state index in [2.05, 4.69) is 23.8 Å². The Bertz CT molecular complexity index is 692. The molecule has 1 heterocycles. The summed E-state index contributed by atoms with van der Waals surface area (Å²) in [7, 11) is 0. The molecule has 0 bridgehead atoms. The maximum Gasteiger partial charge on any atom is 0.358 e. The van der Waals surface area contributed by atoms with Gasteiger partial charge in [0.2, 0.25) is 0 Å². The van der Waals surface area contributed by atoms with Gasteiger partial charge in [-0.05, 0) is 31.0 Å². The number of nitrogens with zero attached hydrogens (tertiary/aromatic N) is 3. The van der Waals surface area contributed by atoms with Gasteiger partial charge in [0, 0.05) is 0 Å². The summed E-state index contributed by atoms with van der Waals surface area (Å²) in [6, 6.07) is 7.71. The third kappa shape index (κ3) is 3.72. The third-order valence-corrected chi connectivity index (χ3v) is 3.14. The summed E-state index contributed by atoms with van der Waals surface area (Å²) in [5.41, 5.74) is 2.35. The first-order valence-corrected chi connectivity index (χ1v) is 7.03. The van der Waals surface area contributed by atoms with Crippen LogP contribution in [0.15, 0.2) is 36.4 Å². The molecule has 0 aliphatic carbocycles. The lowest BCUT2D eigenvalue weighted by molar-refractivity contribution is 0.0687. The van der Waals surface area contributed by atoms with Crippen LogP contribution in [0.25, 0.3) is 0 Å². The Kier molecular flexibility index (Phi) is 4.93. The first-order chi connectivity index (χ1) is 10.5. The number of aromatic carboxylic acids is 1. The van der Waals surface area contributed by atoms with Crippen LogP contribution in [0.4, 0.5) is 0 Å². The molecule has 0 aliphatic rings. The monoisotopic (exact) mass is 301 g/mol. The highest BCUT2D eigenvalue weighted by molar-refractivity contribution is 5.86. The topological polar surface area (TPSA) is 77.2 Å². The van der Waals surface area contributed by atoms with E-state index >= 15 is 0 Å². The van der Waals surface area contributed by atoms with Crippen LogP contribution in [-0.2, 0) is 19.6 Å². The number of carboxylic acid groups (broad SMARTS) is 1. The molecule has 0 atom stereocenters. The van der Waals surface area contributed by atoms with Crippen LogP contribution in [-0.4, -0.2) is 26.1 Å². The number of rotatable bonds is 7. The van der Waals surface area contributed by atoms with Crippen molar-refractivity contribution in [3.8, 4) is 5.75 Å². The Hall–Kier alpha value is -2.63. The van der Waals surface area contributed by atoms with Crippen molar-refractivity contribution in [3.63, 3.8) is 0 Å². The van der Waals surface area contributed by atoms with Crippen LogP contribution in [0.1, 0.15) is 35.6 Å². The van der Waals surface area contributed by atoms with Crippen LogP contribution in [0.5, 0.6) is 5.75 Å². The van der Waals surface area contributed by atoms with Crippen LogP contribution >= 0.6 is 0 Å². The molecular weight excluding hydrogens is 282 g/mol. The van der Waals surface area contributed by atoms with Gasteiger partial charge >= 0.3 is 5.97 Å². The molecule has 1 N–H and O–H groups in total. The Morgan fingerprint density at radius 2 is 2.23 bits per heavy atom. The van der Waals surface area contributed by atoms with Gasteiger partial charge in [0.25, 0.3) is 0 Å². The average molecular weight is 301 g/mol. The summed E-state index contributed by atoms with van der Waals surface area (Å²) in [4.78, 5) is 11.2. The molecule has 0 aliphatic heterocycles. The lowest BCUT2D eigenvalue weighted by Crippen LogP contribution is -2.12. The fraction of sp³-hybridized carbons (Fsp3) is 0.312. The number of aromatic nitrogens is 3. The lowest BCUT2D eigenvalue weighted by Gasteiger charge is -2.10. The summed E-state index contributed by atoms with van der Waals surface area (Å²) in [5.74, 6) is -0.423. The molecule has 2 aromatic rings. The number of carbonyl (C=O) groups is 1. The predicted octanol–water partition coefficient (Wildman–Crippen LogP) is 2.69. The number of benzene rings is 1. The number of hydrogen-bond acceptors (Lipinski definition) is 4. The van der Waals surface area contributed by atoms with Crippen LogP contribution in [0.2, 0.25) is 0 Å². The van der Waals surface area contributed by atoms with Gasteiger partial charge in [0.1, 0.15) is 18.1 Å². The van der Waals surface area contributed by atoms with Gasteiger partial charge in [0.15, 0.2) is 5.69 Å². The molecule has 0 fully saturated rings. The van der Waals surface area contributed by atoms with Crippen molar-refractivity contribution < 1.29 is 14.6 Å². The second kappa shape index (κ2) is 6.89. The summed E-state index contributed by atoms with van der Waals surface area (Å²) < 4.78 is 7.22. The van der Waals surface area contributed by atoms with Gasteiger partial charge < -0.3 is 9.84 Å². The van der Waals surface area contributed by atoms with E-state index in [-0.39, 0.29) is 12.3 Å². The van der Waals surface area contributed by atoms with Gasteiger partial charge in [-0.2, -0.15) is 0 Å². The third-order valence-electron chi connectivity index (χ3n) is 3.14. The Balaban J connectivity index is 2.21. The van der Waals surface area contributed by atoms with Crippen molar-refractivity contribution in [2.45, 2.75) is 33.4 Å². The van der Waals surface area contributed by atoms with Gasteiger partial charge in [0.05, 0.1) is 6.54 Å². The van der Waals surface area contributed by atoms with Crippen LogP contribution in [0, 0.1) is 0 Å². The molecule has 2 rings (SSSR count). The van der Waals surface area contributed by atoms with Crippen molar-refractivity contribution in [1.29, 1.82) is 0 Å². The Morgan fingerprint density at radius 3 is 2.86 bits per heavy atom. The lowest BCUT2D eigenvalue weighted by atomic mass is 10.2. The van der Waals surface area contributed by atoms with Crippen LogP contribution in [0.3, 0.4) is 0 Å². The SMILES string of the molecule is C=C(C)Cn1nnc(C(=O)O)c1COc1cccc(CC)c1. The molecule has 0 unspecified atom stereocenters. The molecule has 0 radical (unpaired) electrons. The maximum atomic E-state index is 11.2. The zero-order valence-electron chi connectivity index (χ0n) is 12.7.